The van der Waals surface area contributed by atoms with E-state index in [0.717, 1.165) is 24.0 Å². The van der Waals surface area contributed by atoms with Gasteiger partial charge in [0.15, 0.2) is 0 Å². The molecule has 0 aliphatic heterocycles. The van der Waals surface area contributed by atoms with Crippen molar-refractivity contribution in [2.45, 2.75) is 44.2 Å². The maximum absolute atomic E-state index is 12.4. The highest BCUT2D eigenvalue weighted by Crippen LogP contribution is 2.34. The average molecular weight is 347 g/mol. The second-order valence-electron chi connectivity index (χ2n) is 5.18. The maximum atomic E-state index is 12.4. The van der Waals surface area contributed by atoms with Crippen LogP contribution in [0.2, 0.25) is 0 Å². The largest absolute Gasteiger partial charge is 0.326 e. The van der Waals surface area contributed by atoms with Crippen molar-refractivity contribution in [2.24, 2.45) is 11.7 Å². The van der Waals surface area contributed by atoms with Gasteiger partial charge in [-0.05, 0) is 65.7 Å². The summed E-state index contributed by atoms with van der Waals surface area (Å²) in [6.07, 6.45) is 2.21. The summed E-state index contributed by atoms with van der Waals surface area (Å²) in [4.78, 5) is 0.278. The van der Waals surface area contributed by atoms with E-state index < -0.39 is 10.0 Å². The third kappa shape index (κ3) is 3.37. The number of sulfonamides is 1. The molecular formula is C13H19BrN2O2S. The van der Waals surface area contributed by atoms with Crippen LogP contribution in [-0.4, -0.2) is 14.5 Å². The van der Waals surface area contributed by atoms with E-state index in [0.29, 0.717) is 16.9 Å². The van der Waals surface area contributed by atoms with Crippen molar-refractivity contribution in [3.63, 3.8) is 0 Å². The summed E-state index contributed by atoms with van der Waals surface area (Å²) in [7, 11) is -3.50. The van der Waals surface area contributed by atoms with Crippen LogP contribution in [0.5, 0.6) is 0 Å². The highest BCUT2D eigenvalue weighted by molar-refractivity contribution is 9.10. The molecule has 0 amide bonds. The summed E-state index contributed by atoms with van der Waals surface area (Å²) in [5.41, 5.74) is 7.31. The molecule has 0 bridgehead atoms. The van der Waals surface area contributed by atoms with Crippen LogP contribution in [0.4, 0.5) is 0 Å². The Morgan fingerprint density at radius 1 is 1.47 bits per heavy atom. The summed E-state index contributed by atoms with van der Waals surface area (Å²) >= 11 is 3.36. The lowest BCUT2D eigenvalue weighted by Gasteiger charge is -2.16. The van der Waals surface area contributed by atoms with Gasteiger partial charge >= 0.3 is 0 Å². The highest BCUT2D eigenvalue weighted by atomic mass is 79.9. The average Bonchev–Trinajstić information content (AvgIpc) is 3.15. The first-order chi connectivity index (χ1) is 8.85. The zero-order valence-corrected chi connectivity index (χ0v) is 13.5. The van der Waals surface area contributed by atoms with E-state index in [2.05, 4.69) is 20.7 Å². The van der Waals surface area contributed by atoms with Crippen molar-refractivity contribution < 1.29 is 8.42 Å². The molecule has 106 valence electrons. The van der Waals surface area contributed by atoms with Crippen LogP contribution in [0.3, 0.4) is 0 Å². The van der Waals surface area contributed by atoms with E-state index in [4.69, 9.17) is 5.73 Å². The monoisotopic (exact) mass is 346 g/mol. The van der Waals surface area contributed by atoms with Crippen molar-refractivity contribution in [3.05, 3.63) is 27.7 Å². The SMILES string of the molecule is Cc1cc(CN)cc(S(=O)(=O)NC(C)C2CC2)c1Br. The summed E-state index contributed by atoms with van der Waals surface area (Å²) in [6, 6.07) is 3.52. The molecule has 2 rings (SSSR count). The first-order valence-electron chi connectivity index (χ1n) is 6.36. The van der Waals surface area contributed by atoms with Crippen molar-refractivity contribution in [1.29, 1.82) is 0 Å². The van der Waals surface area contributed by atoms with Gasteiger partial charge < -0.3 is 5.73 Å². The van der Waals surface area contributed by atoms with Gasteiger partial charge in [0.05, 0.1) is 4.90 Å². The Kier molecular flexibility index (Phi) is 4.35. The van der Waals surface area contributed by atoms with Gasteiger partial charge in [-0.2, -0.15) is 0 Å². The Labute approximate surface area is 122 Å². The van der Waals surface area contributed by atoms with Crippen LogP contribution in [-0.2, 0) is 16.6 Å². The summed E-state index contributed by atoms with van der Waals surface area (Å²) in [6.45, 7) is 4.12. The Hall–Kier alpha value is -0.430. The molecule has 0 radical (unpaired) electrons. The smallest absolute Gasteiger partial charge is 0.241 e. The molecule has 1 aromatic carbocycles. The van der Waals surface area contributed by atoms with Crippen LogP contribution in [0, 0.1) is 12.8 Å². The molecule has 1 fully saturated rings. The molecule has 3 N–H and O–H groups in total. The van der Waals surface area contributed by atoms with Crippen molar-refractivity contribution >= 4 is 26.0 Å². The number of halogens is 1. The van der Waals surface area contributed by atoms with E-state index in [1.54, 1.807) is 6.07 Å². The first kappa shape index (κ1) is 15.0. The molecule has 1 aromatic rings. The van der Waals surface area contributed by atoms with Crippen molar-refractivity contribution in [1.82, 2.24) is 4.72 Å². The lowest BCUT2D eigenvalue weighted by molar-refractivity contribution is 0.537. The Balaban J connectivity index is 2.35. The van der Waals surface area contributed by atoms with Crippen LogP contribution < -0.4 is 10.5 Å². The fraction of sp³-hybridized carbons (Fsp3) is 0.538. The van der Waals surface area contributed by atoms with E-state index in [9.17, 15) is 8.42 Å². The summed E-state index contributed by atoms with van der Waals surface area (Å²) in [5, 5.41) is 0. The minimum atomic E-state index is -3.50. The predicted molar refractivity (Wildman–Crippen MR) is 79.3 cm³/mol. The lowest BCUT2D eigenvalue weighted by atomic mass is 10.1. The third-order valence-electron chi connectivity index (χ3n) is 3.48. The van der Waals surface area contributed by atoms with Crippen LogP contribution in [0.25, 0.3) is 0 Å². The number of benzene rings is 1. The molecule has 0 heterocycles. The first-order valence-corrected chi connectivity index (χ1v) is 8.64. The van der Waals surface area contributed by atoms with E-state index in [1.807, 2.05) is 19.9 Å². The maximum Gasteiger partial charge on any atom is 0.241 e. The molecule has 0 aromatic heterocycles. The second-order valence-corrected chi connectivity index (χ2v) is 7.65. The Bertz CT molecular complexity index is 583. The molecule has 0 spiro atoms. The molecular weight excluding hydrogens is 328 g/mol. The fourth-order valence-corrected chi connectivity index (χ4v) is 4.50. The topological polar surface area (TPSA) is 72.2 Å². The molecule has 6 heteroatoms. The third-order valence-corrected chi connectivity index (χ3v) is 6.37. The van der Waals surface area contributed by atoms with E-state index in [-0.39, 0.29) is 10.9 Å². The van der Waals surface area contributed by atoms with Gasteiger partial charge in [-0.25, -0.2) is 13.1 Å². The van der Waals surface area contributed by atoms with E-state index >= 15 is 0 Å². The molecule has 0 saturated heterocycles. The van der Waals surface area contributed by atoms with Gasteiger partial charge in [-0.15, -0.1) is 0 Å². The normalized spacial score (nSPS) is 17.5. The minimum absolute atomic E-state index is 0.0151. The van der Waals surface area contributed by atoms with Crippen LogP contribution >= 0.6 is 15.9 Å². The molecule has 1 unspecified atom stereocenters. The fourth-order valence-electron chi connectivity index (χ4n) is 2.12. The Morgan fingerprint density at radius 2 is 2.11 bits per heavy atom. The number of hydrogen-bond donors (Lipinski definition) is 2. The minimum Gasteiger partial charge on any atom is -0.326 e. The molecule has 1 aliphatic rings. The molecule has 19 heavy (non-hydrogen) atoms. The number of nitrogens with one attached hydrogen (secondary N) is 1. The number of rotatable bonds is 5. The van der Waals surface area contributed by atoms with Gasteiger partial charge in [0, 0.05) is 17.1 Å². The predicted octanol–water partition coefficient (Wildman–Crippen LogP) is 2.29. The standard InChI is InChI=1S/C13H19BrN2O2S/c1-8-5-10(7-15)6-12(13(8)14)19(17,18)16-9(2)11-3-4-11/h5-6,9,11,16H,3-4,7,15H2,1-2H3. The van der Waals surface area contributed by atoms with Crippen LogP contribution in [0.15, 0.2) is 21.5 Å². The zero-order chi connectivity index (χ0) is 14.2. The molecule has 4 nitrogen and oxygen atoms in total. The highest BCUT2D eigenvalue weighted by Gasteiger charge is 2.32. The summed E-state index contributed by atoms with van der Waals surface area (Å²) < 4.78 is 28.2. The number of aryl methyl sites for hydroxylation is 1. The van der Waals surface area contributed by atoms with Crippen molar-refractivity contribution in [2.75, 3.05) is 0 Å². The Morgan fingerprint density at radius 3 is 2.63 bits per heavy atom. The van der Waals surface area contributed by atoms with Gasteiger partial charge in [0.2, 0.25) is 10.0 Å². The van der Waals surface area contributed by atoms with E-state index in [1.165, 1.54) is 0 Å². The van der Waals surface area contributed by atoms with Gasteiger partial charge in [-0.3, -0.25) is 0 Å². The van der Waals surface area contributed by atoms with Gasteiger partial charge in [-0.1, -0.05) is 6.07 Å². The second kappa shape index (κ2) is 5.52. The molecule has 1 atom stereocenters. The summed E-state index contributed by atoms with van der Waals surface area (Å²) in [5.74, 6) is 0.479. The van der Waals surface area contributed by atoms with Crippen LogP contribution in [0.1, 0.15) is 30.9 Å². The van der Waals surface area contributed by atoms with Gasteiger partial charge in [0.25, 0.3) is 0 Å². The number of hydrogen-bond acceptors (Lipinski definition) is 3. The lowest BCUT2D eigenvalue weighted by Crippen LogP contribution is -2.34. The van der Waals surface area contributed by atoms with Gasteiger partial charge in [0.1, 0.15) is 0 Å². The quantitative estimate of drug-likeness (QED) is 0.858. The number of nitrogens with two attached hydrogens (primary N) is 1. The molecule has 1 saturated carbocycles. The van der Waals surface area contributed by atoms with Crippen molar-refractivity contribution in [3.8, 4) is 0 Å². The zero-order valence-electron chi connectivity index (χ0n) is 11.1. The molecule has 1 aliphatic carbocycles.